The molecule has 6 aromatic rings. The molecule has 0 fully saturated rings. The Hall–Kier alpha value is -6.38. The van der Waals surface area contributed by atoms with Gasteiger partial charge in [-0.15, -0.1) is 0 Å². The maximum Gasteiger partial charge on any atom is 0.0704 e. The quantitative estimate of drug-likeness (QED) is 0.189. The zero-order valence-electron chi connectivity index (χ0n) is 30.8. The van der Waals surface area contributed by atoms with E-state index < -0.39 is 0 Å². The maximum atomic E-state index is 4.03. The van der Waals surface area contributed by atoms with Gasteiger partial charge in [-0.2, -0.15) is 0 Å². The summed E-state index contributed by atoms with van der Waals surface area (Å²) in [5.41, 5.74) is 14.5. The zero-order chi connectivity index (χ0) is 36.3. The molecule has 55 heavy (non-hydrogen) atoms. The van der Waals surface area contributed by atoms with Crippen molar-refractivity contribution in [3.8, 4) is 5.69 Å². The van der Waals surface area contributed by atoms with Crippen molar-refractivity contribution in [2.24, 2.45) is 11.8 Å². The molecule has 5 aliphatic rings. The van der Waals surface area contributed by atoms with E-state index in [9.17, 15) is 0 Å². The number of fused-ring (bicyclic) bond motifs is 10. The number of rotatable bonds is 5. The molecule has 11 rings (SSSR count). The number of aromatic nitrogens is 1. The minimum absolute atomic E-state index is 0.0392. The monoisotopic (exact) mass is 706 g/mol. The van der Waals surface area contributed by atoms with Gasteiger partial charge in [-0.1, -0.05) is 164 Å². The van der Waals surface area contributed by atoms with Crippen LogP contribution in [0, 0.1) is 11.8 Å². The first-order valence-electron chi connectivity index (χ1n) is 19.9. The van der Waals surface area contributed by atoms with Crippen LogP contribution in [-0.4, -0.2) is 4.57 Å². The average Bonchev–Trinajstić information content (AvgIpc) is 3.62. The Bertz CT molecular complexity index is 2820. The fraction of sp³-hybridized carbons (Fsp3) is 0.132. The zero-order valence-corrected chi connectivity index (χ0v) is 30.8. The van der Waals surface area contributed by atoms with Gasteiger partial charge in [0.05, 0.1) is 17.1 Å². The Labute approximate surface area is 322 Å². The molecule has 0 saturated carbocycles. The van der Waals surface area contributed by atoms with E-state index >= 15 is 0 Å². The highest BCUT2D eigenvalue weighted by atomic mass is 15.0. The Kier molecular flexibility index (Phi) is 7.69. The summed E-state index contributed by atoms with van der Waals surface area (Å²) in [4.78, 5) is 0. The first-order chi connectivity index (χ1) is 27.3. The molecule has 1 N–H and O–H groups in total. The Balaban J connectivity index is 1.06. The van der Waals surface area contributed by atoms with E-state index in [4.69, 9.17) is 0 Å². The van der Waals surface area contributed by atoms with Crippen molar-refractivity contribution in [3.63, 3.8) is 0 Å². The van der Waals surface area contributed by atoms with Crippen molar-refractivity contribution in [2.45, 2.75) is 31.2 Å². The van der Waals surface area contributed by atoms with Gasteiger partial charge >= 0.3 is 0 Å². The standard InChI is InChI=1S/C53H42N2/c1-3-14-35(15-4-1)37-26-28-39(29-27-37)48-33-41(36-16-5-2-6-17-36)34-49(54-48)40-19-13-20-42(32-40)55-50-25-12-11-24-47(50)52-51-43-21-8-7-18-38(43)30-31-45(51)44-22-9-10-23-46(44)53(52)55/h1-16,18-26,28,30-34,36,38,43,49,54H,17,27,29H2. The van der Waals surface area contributed by atoms with Crippen LogP contribution in [0.5, 0.6) is 0 Å². The molecule has 4 aliphatic carbocycles. The number of nitrogens with zero attached hydrogens (tertiary/aromatic N) is 1. The van der Waals surface area contributed by atoms with Gasteiger partial charge in [-0.3, -0.25) is 0 Å². The lowest BCUT2D eigenvalue weighted by atomic mass is 9.74. The van der Waals surface area contributed by atoms with Crippen LogP contribution < -0.4 is 5.32 Å². The first kappa shape index (κ1) is 32.1. The number of allylic oxidation sites excluding steroid dienone is 15. The number of nitrogens with one attached hydrogen (secondary N) is 1. The third-order valence-corrected chi connectivity index (χ3v) is 12.4. The maximum absolute atomic E-state index is 4.03. The van der Waals surface area contributed by atoms with E-state index in [0.29, 0.717) is 17.8 Å². The lowest BCUT2D eigenvalue weighted by molar-refractivity contribution is 0.666. The van der Waals surface area contributed by atoms with Gasteiger partial charge in [0.25, 0.3) is 0 Å². The summed E-state index contributed by atoms with van der Waals surface area (Å²) in [5, 5.41) is 9.33. The van der Waals surface area contributed by atoms with Crippen molar-refractivity contribution in [3.05, 3.63) is 221 Å². The summed E-state index contributed by atoms with van der Waals surface area (Å²) in [7, 11) is 0. The van der Waals surface area contributed by atoms with Crippen LogP contribution in [0.4, 0.5) is 0 Å². The number of hydrogen-bond donors (Lipinski definition) is 1. The predicted octanol–water partition coefficient (Wildman–Crippen LogP) is 13.2. The van der Waals surface area contributed by atoms with Crippen molar-refractivity contribution < 1.29 is 0 Å². The van der Waals surface area contributed by atoms with Crippen molar-refractivity contribution in [1.82, 2.24) is 9.88 Å². The van der Waals surface area contributed by atoms with Gasteiger partial charge in [-0.05, 0) is 87.9 Å². The van der Waals surface area contributed by atoms with E-state index in [0.717, 1.165) is 19.3 Å². The molecule has 264 valence electrons. The highest BCUT2D eigenvalue weighted by Gasteiger charge is 2.31. The molecule has 0 spiro atoms. The molecule has 1 aliphatic heterocycles. The van der Waals surface area contributed by atoms with E-state index in [2.05, 4.69) is 198 Å². The lowest BCUT2D eigenvalue weighted by Crippen LogP contribution is -2.26. The van der Waals surface area contributed by atoms with Crippen LogP contribution in [0.15, 0.2) is 199 Å². The molecule has 0 bridgehead atoms. The van der Waals surface area contributed by atoms with E-state index in [1.165, 1.54) is 82.9 Å². The minimum atomic E-state index is 0.0392. The van der Waals surface area contributed by atoms with Crippen LogP contribution in [-0.2, 0) is 0 Å². The Morgan fingerprint density at radius 3 is 2.29 bits per heavy atom. The highest BCUT2D eigenvalue weighted by Crippen LogP contribution is 2.49. The topological polar surface area (TPSA) is 17.0 Å². The molecule has 4 atom stereocenters. The lowest BCUT2D eigenvalue weighted by Gasteiger charge is -2.30. The SMILES string of the molecule is C1=CCC(C2=CC(c3cccc(-n4c5ccccc5c5c6c(c7ccccc7c54)C=CC4C=CC=CC64)c3)NC(C3=CC=C(c4ccccc4)CC3)=C2)C=C1. The fourth-order valence-electron chi connectivity index (χ4n) is 9.76. The number of benzene rings is 5. The van der Waals surface area contributed by atoms with Gasteiger partial charge in [0.2, 0.25) is 0 Å². The van der Waals surface area contributed by atoms with Crippen LogP contribution >= 0.6 is 0 Å². The summed E-state index contributed by atoms with van der Waals surface area (Å²) in [6.45, 7) is 0. The fourth-order valence-corrected chi connectivity index (χ4v) is 9.76. The molecule has 5 aromatic carbocycles. The van der Waals surface area contributed by atoms with Crippen molar-refractivity contribution in [2.75, 3.05) is 0 Å². The predicted molar refractivity (Wildman–Crippen MR) is 232 cm³/mol. The van der Waals surface area contributed by atoms with E-state index in [1.807, 2.05) is 0 Å². The molecule has 2 nitrogen and oxygen atoms in total. The molecular formula is C53H42N2. The number of para-hydroxylation sites is 1. The summed E-state index contributed by atoms with van der Waals surface area (Å²) < 4.78 is 2.55. The summed E-state index contributed by atoms with van der Waals surface area (Å²) >= 11 is 0. The van der Waals surface area contributed by atoms with Gasteiger partial charge in [0.1, 0.15) is 0 Å². The van der Waals surface area contributed by atoms with E-state index in [1.54, 1.807) is 0 Å². The van der Waals surface area contributed by atoms with Crippen LogP contribution in [0.1, 0.15) is 53.5 Å². The Morgan fingerprint density at radius 2 is 1.44 bits per heavy atom. The first-order valence-corrected chi connectivity index (χ1v) is 19.9. The van der Waals surface area contributed by atoms with Crippen molar-refractivity contribution in [1.29, 1.82) is 0 Å². The molecule has 2 heterocycles. The van der Waals surface area contributed by atoms with Gasteiger partial charge in [0.15, 0.2) is 0 Å². The van der Waals surface area contributed by atoms with Gasteiger partial charge in [-0.25, -0.2) is 0 Å². The van der Waals surface area contributed by atoms with Crippen LogP contribution in [0.3, 0.4) is 0 Å². The van der Waals surface area contributed by atoms with E-state index in [-0.39, 0.29) is 6.04 Å². The normalized spacial score (nSPS) is 22.5. The molecular weight excluding hydrogens is 665 g/mol. The van der Waals surface area contributed by atoms with Crippen molar-refractivity contribution >= 4 is 44.2 Å². The van der Waals surface area contributed by atoms with Gasteiger partial charge in [0, 0.05) is 45.3 Å². The summed E-state index contributed by atoms with van der Waals surface area (Å²) in [5.74, 6) is 1.03. The smallest absolute Gasteiger partial charge is 0.0704 e. The number of hydrogen-bond acceptors (Lipinski definition) is 1. The molecule has 2 heteroatoms. The largest absolute Gasteiger partial charge is 0.374 e. The molecule has 0 amide bonds. The summed E-state index contributed by atoms with van der Waals surface area (Å²) in [6, 6.07) is 38.2. The second-order valence-electron chi connectivity index (χ2n) is 15.5. The second-order valence-corrected chi connectivity index (χ2v) is 15.5. The second kappa shape index (κ2) is 13.2. The third-order valence-electron chi connectivity index (χ3n) is 12.4. The van der Waals surface area contributed by atoms with Crippen LogP contribution in [0.2, 0.25) is 0 Å². The minimum Gasteiger partial charge on any atom is -0.374 e. The van der Waals surface area contributed by atoms with Gasteiger partial charge < -0.3 is 9.88 Å². The molecule has 0 saturated heterocycles. The Morgan fingerprint density at radius 1 is 0.655 bits per heavy atom. The molecule has 0 radical (unpaired) electrons. The molecule has 4 unspecified atom stereocenters. The van der Waals surface area contributed by atoms with Crippen LogP contribution in [0.25, 0.3) is 49.9 Å². The molecule has 1 aromatic heterocycles. The average molecular weight is 707 g/mol. The highest BCUT2D eigenvalue weighted by molar-refractivity contribution is 6.22. The number of dihydropyridines is 1. The summed E-state index contributed by atoms with van der Waals surface area (Å²) in [6.07, 6.45) is 35.7. The third kappa shape index (κ3) is 5.39.